The maximum absolute atomic E-state index is 10.5. The highest BCUT2D eigenvalue weighted by Crippen LogP contribution is 2.07. The predicted octanol–water partition coefficient (Wildman–Crippen LogP) is 1.15. The Morgan fingerprint density at radius 1 is 1.54 bits per heavy atom. The lowest BCUT2D eigenvalue weighted by molar-refractivity contribution is -0.162. The Labute approximate surface area is 81.6 Å². The molecule has 0 aromatic heterocycles. The number of aliphatic carboxylic acids is 1. The standard InChI is InChI=1S/C8H14O4S/c1-3-13-5-4-7(8(10)11)12-6(2)9/h7H,3-5H2,1-2H3,(H,10,11). The molecule has 5 heteroatoms. The van der Waals surface area contributed by atoms with Gasteiger partial charge < -0.3 is 9.84 Å². The van der Waals surface area contributed by atoms with Gasteiger partial charge in [-0.25, -0.2) is 4.79 Å². The number of esters is 1. The molecule has 0 heterocycles. The number of ether oxygens (including phenoxy) is 1. The summed E-state index contributed by atoms with van der Waals surface area (Å²) < 4.78 is 4.61. The van der Waals surface area contributed by atoms with E-state index in [9.17, 15) is 9.59 Å². The highest BCUT2D eigenvalue weighted by Gasteiger charge is 2.19. The van der Waals surface area contributed by atoms with Crippen LogP contribution in [0.15, 0.2) is 0 Å². The zero-order valence-electron chi connectivity index (χ0n) is 7.78. The van der Waals surface area contributed by atoms with Crippen LogP contribution in [-0.4, -0.2) is 34.7 Å². The number of hydrogen-bond donors (Lipinski definition) is 1. The average molecular weight is 206 g/mol. The molecule has 0 aliphatic rings. The van der Waals surface area contributed by atoms with Gasteiger partial charge in [0.25, 0.3) is 0 Å². The normalized spacial score (nSPS) is 12.2. The van der Waals surface area contributed by atoms with Gasteiger partial charge in [0.15, 0.2) is 6.10 Å². The summed E-state index contributed by atoms with van der Waals surface area (Å²) >= 11 is 1.63. The third-order valence-corrected chi connectivity index (χ3v) is 2.24. The van der Waals surface area contributed by atoms with Gasteiger partial charge in [-0.15, -0.1) is 0 Å². The van der Waals surface area contributed by atoms with Gasteiger partial charge in [0.05, 0.1) is 0 Å². The lowest BCUT2D eigenvalue weighted by atomic mass is 10.3. The molecule has 0 fully saturated rings. The zero-order valence-corrected chi connectivity index (χ0v) is 8.60. The van der Waals surface area contributed by atoms with Gasteiger partial charge in [-0.05, 0) is 11.5 Å². The molecule has 0 bridgehead atoms. The number of carboxylic acids is 1. The van der Waals surface area contributed by atoms with E-state index in [0.717, 1.165) is 5.75 Å². The quantitative estimate of drug-likeness (QED) is 0.521. The zero-order chi connectivity index (χ0) is 10.3. The van der Waals surface area contributed by atoms with Crippen LogP contribution in [0.2, 0.25) is 0 Å². The molecule has 0 rings (SSSR count). The SMILES string of the molecule is CCSCCC(OC(C)=O)C(=O)O. The van der Waals surface area contributed by atoms with Crippen LogP contribution in [0.1, 0.15) is 20.3 Å². The van der Waals surface area contributed by atoms with E-state index < -0.39 is 18.0 Å². The molecular formula is C8H14O4S. The molecule has 76 valence electrons. The number of thioether (sulfide) groups is 1. The molecule has 0 aliphatic heterocycles. The highest BCUT2D eigenvalue weighted by molar-refractivity contribution is 7.99. The summed E-state index contributed by atoms with van der Waals surface area (Å²) in [4.78, 5) is 21.0. The van der Waals surface area contributed by atoms with Gasteiger partial charge >= 0.3 is 11.9 Å². The van der Waals surface area contributed by atoms with Gasteiger partial charge in [0, 0.05) is 13.3 Å². The van der Waals surface area contributed by atoms with E-state index in [0.29, 0.717) is 12.2 Å². The van der Waals surface area contributed by atoms with Crippen molar-refractivity contribution >= 4 is 23.7 Å². The fraction of sp³-hybridized carbons (Fsp3) is 0.750. The molecule has 0 aromatic rings. The number of carbonyl (C=O) groups excluding carboxylic acids is 1. The summed E-state index contributed by atoms with van der Waals surface area (Å²) in [6.07, 6.45) is -0.621. The summed E-state index contributed by atoms with van der Waals surface area (Å²) in [6, 6.07) is 0. The van der Waals surface area contributed by atoms with Crippen LogP contribution in [0.3, 0.4) is 0 Å². The minimum absolute atomic E-state index is 0.368. The van der Waals surface area contributed by atoms with Crippen molar-refractivity contribution in [2.24, 2.45) is 0 Å². The van der Waals surface area contributed by atoms with Crippen LogP contribution in [0.25, 0.3) is 0 Å². The number of rotatable bonds is 6. The molecule has 0 radical (unpaired) electrons. The molecule has 0 saturated heterocycles. The fourth-order valence-corrected chi connectivity index (χ4v) is 1.44. The summed E-state index contributed by atoms with van der Waals surface area (Å²) in [5.74, 6) is 0.00784. The maximum Gasteiger partial charge on any atom is 0.345 e. The van der Waals surface area contributed by atoms with Crippen molar-refractivity contribution in [2.75, 3.05) is 11.5 Å². The van der Waals surface area contributed by atoms with Gasteiger partial charge in [-0.2, -0.15) is 11.8 Å². The van der Waals surface area contributed by atoms with Gasteiger partial charge in [0.1, 0.15) is 0 Å². The van der Waals surface area contributed by atoms with Crippen molar-refractivity contribution in [3.63, 3.8) is 0 Å². The molecule has 1 N–H and O–H groups in total. The molecule has 0 spiro atoms. The molecular weight excluding hydrogens is 192 g/mol. The van der Waals surface area contributed by atoms with Crippen molar-refractivity contribution in [2.45, 2.75) is 26.4 Å². The fourth-order valence-electron chi connectivity index (χ4n) is 0.768. The van der Waals surface area contributed by atoms with Gasteiger partial charge in [0.2, 0.25) is 0 Å². The first-order valence-corrected chi connectivity index (χ1v) is 5.21. The van der Waals surface area contributed by atoms with Crippen molar-refractivity contribution in [3.05, 3.63) is 0 Å². The second-order valence-electron chi connectivity index (χ2n) is 2.42. The Hall–Kier alpha value is -0.710. The first-order chi connectivity index (χ1) is 6.07. The Bertz CT molecular complexity index is 181. The third-order valence-electron chi connectivity index (χ3n) is 1.31. The number of carboxylic acid groups (broad SMARTS) is 1. The summed E-state index contributed by atoms with van der Waals surface area (Å²) in [6.45, 7) is 3.20. The van der Waals surface area contributed by atoms with Crippen molar-refractivity contribution in [1.82, 2.24) is 0 Å². The molecule has 0 aromatic carbocycles. The first-order valence-electron chi connectivity index (χ1n) is 4.05. The molecule has 4 nitrogen and oxygen atoms in total. The van der Waals surface area contributed by atoms with E-state index in [1.165, 1.54) is 6.92 Å². The van der Waals surface area contributed by atoms with Gasteiger partial charge in [-0.3, -0.25) is 4.79 Å². The van der Waals surface area contributed by atoms with Crippen LogP contribution >= 0.6 is 11.8 Å². The molecule has 0 saturated carbocycles. The second kappa shape index (κ2) is 6.77. The Kier molecular flexibility index (Phi) is 6.40. The molecule has 13 heavy (non-hydrogen) atoms. The molecule has 0 aliphatic carbocycles. The van der Waals surface area contributed by atoms with Crippen LogP contribution in [0.5, 0.6) is 0 Å². The molecule has 1 atom stereocenters. The summed E-state index contributed by atoms with van der Waals surface area (Å²) in [5.41, 5.74) is 0. The van der Waals surface area contributed by atoms with E-state index in [4.69, 9.17) is 5.11 Å². The Balaban J connectivity index is 3.81. The van der Waals surface area contributed by atoms with Crippen molar-refractivity contribution in [3.8, 4) is 0 Å². The second-order valence-corrected chi connectivity index (χ2v) is 3.82. The van der Waals surface area contributed by atoms with E-state index in [1.54, 1.807) is 11.8 Å². The summed E-state index contributed by atoms with van der Waals surface area (Å²) in [5, 5.41) is 8.63. The number of carbonyl (C=O) groups is 2. The monoisotopic (exact) mass is 206 g/mol. The first kappa shape index (κ1) is 12.3. The van der Waals surface area contributed by atoms with E-state index in [2.05, 4.69) is 4.74 Å². The van der Waals surface area contributed by atoms with Crippen molar-refractivity contribution in [1.29, 1.82) is 0 Å². The minimum atomic E-state index is -1.08. The summed E-state index contributed by atoms with van der Waals surface area (Å²) in [7, 11) is 0. The minimum Gasteiger partial charge on any atom is -0.479 e. The maximum atomic E-state index is 10.5. The highest BCUT2D eigenvalue weighted by atomic mass is 32.2. The van der Waals surface area contributed by atoms with Crippen LogP contribution in [0.4, 0.5) is 0 Å². The van der Waals surface area contributed by atoms with Crippen LogP contribution in [-0.2, 0) is 14.3 Å². The van der Waals surface area contributed by atoms with E-state index >= 15 is 0 Å². The Morgan fingerprint density at radius 3 is 2.54 bits per heavy atom. The number of hydrogen-bond acceptors (Lipinski definition) is 4. The smallest absolute Gasteiger partial charge is 0.345 e. The van der Waals surface area contributed by atoms with Crippen LogP contribution in [0, 0.1) is 0 Å². The van der Waals surface area contributed by atoms with Crippen LogP contribution < -0.4 is 0 Å². The molecule has 1 unspecified atom stereocenters. The lowest BCUT2D eigenvalue weighted by Crippen LogP contribution is -2.26. The largest absolute Gasteiger partial charge is 0.479 e. The molecule has 0 amide bonds. The predicted molar refractivity (Wildman–Crippen MR) is 50.8 cm³/mol. The van der Waals surface area contributed by atoms with Gasteiger partial charge in [-0.1, -0.05) is 6.92 Å². The van der Waals surface area contributed by atoms with E-state index in [1.807, 2.05) is 6.92 Å². The topological polar surface area (TPSA) is 63.6 Å². The van der Waals surface area contributed by atoms with Crippen molar-refractivity contribution < 1.29 is 19.4 Å². The average Bonchev–Trinajstić information content (AvgIpc) is 2.02. The third kappa shape index (κ3) is 6.45. The lowest BCUT2D eigenvalue weighted by Gasteiger charge is -2.11. The Morgan fingerprint density at radius 2 is 2.15 bits per heavy atom. The van der Waals surface area contributed by atoms with E-state index in [-0.39, 0.29) is 0 Å².